The third-order valence-corrected chi connectivity index (χ3v) is 2.08. The van der Waals surface area contributed by atoms with Crippen molar-refractivity contribution in [3.05, 3.63) is 0 Å². The molecule has 0 fully saturated rings. The van der Waals surface area contributed by atoms with Gasteiger partial charge in [0.1, 0.15) is 0 Å². The number of halogens is 3. The minimum absolute atomic E-state index is 0.0497. The van der Waals surface area contributed by atoms with Gasteiger partial charge in [0.15, 0.2) is 6.10 Å². The zero-order valence-electron chi connectivity index (χ0n) is 10.7. The van der Waals surface area contributed by atoms with Gasteiger partial charge in [0.05, 0.1) is 6.54 Å². The molecule has 1 heterocycles. The van der Waals surface area contributed by atoms with Crippen LogP contribution in [-0.4, -0.2) is 60.0 Å². The summed E-state index contributed by atoms with van der Waals surface area (Å²) in [5.74, 6) is 0.442. The summed E-state index contributed by atoms with van der Waals surface area (Å²) >= 11 is 0. The SMILES string of the molecule is CNc1nc(NCC(O)C(F)(F)F)nc(N(C)C)n1. The lowest BCUT2D eigenvalue weighted by Crippen LogP contribution is -2.35. The highest BCUT2D eigenvalue weighted by molar-refractivity contribution is 5.42. The first kappa shape index (κ1) is 15.2. The number of rotatable bonds is 5. The van der Waals surface area contributed by atoms with Crippen LogP contribution >= 0.6 is 0 Å². The molecule has 0 aromatic carbocycles. The number of nitrogens with one attached hydrogen (secondary N) is 2. The molecule has 19 heavy (non-hydrogen) atoms. The Morgan fingerprint density at radius 1 is 1.21 bits per heavy atom. The fourth-order valence-corrected chi connectivity index (χ4v) is 1.06. The number of hydrogen-bond acceptors (Lipinski definition) is 7. The molecule has 10 heteroatoms. The molecule has 0 saturated carbocycles. The quantitative estimate of drug-likeness (QED) is 0.715. The molecule has 1 aromatic heterocycles. The predicted molar refractivity (Wildman–Crippen MR) is 64.3 cm³/mol. The molecule has 0 aliphatic carbocycles. The Morgan fingerprint density at radius 2 is 1.79 bits per heavy atom. The molecule has 3 N–H and O–H groups in total. The van der Waals surface area contributed by atoms with Crippen LogP contribution in [0.15, 0.2) is 0 Å². The average Bonchev–Trinajstić information content (AvgIpc) is 2.34. The molecular formula is C9H15F3N6O. The van der Waals surface area contributed by atoms with Gasteiger partial charge >= 0.3 is 6.18 Å². The Labute approximate surface area is 107 Å². The van der Waals surface area contributed by atoms with Crippen LogP contribution in [0.5, 0.6) is 0 Å². The monoisotopic (exact) mass is 280 g/mol. The lowest BCUT2D eigenvalue weighted by atomic mass is 10.3. The van der Waals surface area contributed by atoms with Gasteiger partial charge in [-0.1, -0.05) is 0 Å². The van der Waals surface area contributed by atoms with Crippen LogP contribution in [0.1, 0.15) is 0 Å². The molecule has 0 bridgehead atoms. The van der Waals surface area contributed by atoms with Gasteiger partial charge in [0.2, 0.25) is 17.8 Å². The Balaban J connectivity index is 2.80. The number of aliphatic hydroxyl groups is 1. The molecule has 1 aromatic rings. The fourth-order valence-electron chi connectivity index (χ4n) is 1.06. The van der Waals surface area contributed by atoms with Crippen LogP contribution in [-0.2, 0) is 0 Å². The highest BCUT2D eigenvalue weighted by atomic mass is 19.4. The molecule has 0 aliphatic rings. The number of aliphatic hydroxyl groups excluding tert-OH is 1. The first-order valence-corrected chi connectivity index (χ1v) is 5.34. The molecule has 0 aliphatic heterocycles. The first-order valence-electron chi connectivity index (χ1n) is 5.34. The van der Waals surface area contributed by atoms with Crippen molar-refractivity contribution < 1.29 is 18.3 Å². The van der Waals surface area contributed by atoms with E-state index in [1.807, 2.05) is 0 Å². The lowest BCUT2D eigenvalue weighted by Gasteiger charge is -2.16. The Hall–Kier alpha value is -1.84. The van der Waals surface area contributed by atoms with Crippen LogP contribution in [0.2, 0.25) is 0 Å². The third kappa shape index (κ3) is 4.39. The minimum atomic E-state index is -4.68. The predicted octanol–water partition coefficient (Wildman–Crippen LogP) is 0.314. The molecule has 1 rings (SSSR count). The summed E-state index contributed by atoms with van der Waals surface area (Å²) in [5.41, 5.74) is 0. The highest BCUT2D eigenvalue weighted by Crippen LogP contribution is 2.20. The normalized spacial score (nSPS) is 13.0. The van der Waals surface area contributed by atoms with E-state index in [4.69, 9.17) is 5.11 Å². The molecular weight excluding hydrogens is 265 g/mol. The van der Waals surface area contributed by atoms with E-state index in [9.17, 15) is 13.2 Å². The van der Waals surface area contributed by atoms with E-state index in [0.29, 0.717) is 0 Å². The largest absolute Gasteiger partial charge is 0.416 e. The maximum absolute atomic E-state index is 12.1. The summed E-state index contributed by atoms with van der Waals surface area (Å²) in [6.45, 7) is -0.733. The number of anilines is 3. The third-order valence-electron chi connectivity index (χ3n) is 2.08. The van der Waals surface area contributed by atoms with Crippen molar-refractivity contribution >= 4 is 17.8 Å². The van der Waals surface area contributed by atoms with Crippen molar-refractivity contribution in [2.24, 2.45) is 0 Å². The minimum Gasteiger partial charge on any atom is -0.382 e. The van der Waals surface area contributed by atoms with E-state index in [2.05, 4.69) is 25.6 Å². The van der Waals surface area contributed by atoms with E-state index >= 15 is 0 Å². The van der Waals surface area contributed by atoms with E-state index in [1.165, 1.54) is 0 Å². The summed E-state index contributed by atoms with van der Waals surface area (Å²) in [4.78, 5) is 13.3. The molecule has 1 atom stereocenters. The molecule has 0 radical (unpaired) electrons. The summed E-state index contributed by atoms with van der Waals surface area (Å²) in [6, 6.07) is 0. The standard InChI is InChI=1S/C9H15F3N6O/c1-13-6-15-7(17-8(16-6)18(2)3)14-4-5(19)9(10,11)12/h5,19H,4H2,1-3H3,(H2,13,14,15,16,17). The molecule has 1 unspecified atom stereocenters. The van der Waals surface area contributed by atoms with Gasteiger partial charge < -0.3 is 20.6 Å². The number of alkyl halides is 3. The molecule has 7 nitrogen and oxygen atoms in total. The van der Waals surface area contributed by atoms with Crippen molar-refractivity contribution in [2.75, 3.05) is 43.2 Å². The highest BCUT2D eigenvalue weighted by Gasteiger charge is 2.38. The lowest BCUT2D eigenvalue weighted by molar-refractivity contribution is -0.198. The van der Waals surface area contributed by atoms with Crippen molar-refractivity contribution in [3.63, 3.8) is 0 Å². The van der Waals surface area contributed by atoms with Gasteiger partial charge in [0, 0.05) is 21.1 Å². The Morgan fingerprint density at radius 3 is 2.26 bits per heavy atom. The molecule has 0 amide bonds. The van der Waals surface area contributed by atoms with Crippen LogP contribution in [0.25, 0.3) is 0 Å². The number of nitrogens with zero attached hydrogens (tertiary/aromatic N) is 4. The maximum atomic E-state index is 12.1. The van der Waals surface area contributed by atoms with Gasteiger partial charge in [-0.05, 0) is 0 Å². The zero-order chi connectivity index (χ0) is 14.6. The smallest absolute Gasteiger partial charge is 0.382 e. The second kappa shape index (κ2) is 5.87. The second-order valence-corrected chi connectivity index (χ2v) is 3.87. The maximum Gasteiger partial charge on any atom is 0.416 e. The van der Waals surface area contributed by atoms with E-state index < -0.39 is 18.8 Å². The summed E-state index contributed by atoms with van der Waals surface area (Å²) in [7, 11) is 4.94. The summed E-state index contributed by atoms with van der Waals surface area (Å²) in [5, 5.41) is 13.9. The molecule has 0 spiro atoms. The molecule has 108 valence electrons. The Kier molecular flexibility index (Phi) is 4.70. The van der Waals surface area contributed by atoms with Crippen LogP contribution < -0.4 is 15.5 Å². The van der Waals surface area contributed by atoms with Gasteiger partial charge in [-0.25, -0.2) is 0 Å². The van der Waals surface area contributed by atoms with Crippen LogP contribution in [0, 0.1) is 0 Å². The summed E-state index contributed by atoms with van der Waals surface area (Å²) < 4.78 is 36.4. The molecule has 0 saturated heterocycles. The van der Waals surface area contributed by atoms with Gasteiger partial charge in [-0.15, -0.1) is 0 Å². The van der Waals surface area contributed by atoms with Crippen molar-refractivity contribution in [1.82, 2.24) is 15.0 Å². The summed E-state index contributed by atoms with van der Waals surface area (Å²) in [6.07, 6.45) is -7.17. The van der Waals surface area contributed by atoms with Gasteiger partial charge in [0.25, 0.3) is 0 Å². The Bertz CT molecular complexity index is 425. The van der Waals surface area contributed by atoms with E-state index in [0.717, 1.165) is 0 Å². The van der Waals surface area contributed by atoms with Crippen LogP contribution in [0.3, 0.4) is 0 Å². The van der Waals surface area contributed by atoms with Crippen molar-refractivity contribution in [3.8, 4) is 0 Å². The average molecular weight is 280 g/mol. The fraction of sp³-hybridized carbons (Fsp3) is 0.667. The van der Waals surface area contributed by atoms with Crippen molar-refractivity contribution in [2.45, 2.75) is 12.3 Å². The van der Waals surface area contributed by atoms with Crippen LogP contribution in [0.4, 0.5) is 31.0 Å². The number of hydrogen-bond donors (Lipinski definition) is 3. The van der Waals surface area contributed by atoms with E-state index in [1.54, 1.807) is 26.0 Å². The van der Waals surface area contributed by atoms with Gasteiger partial charge in [-0.2, -0.15) is 28.1 Å². The van der Waals surface area contributed by atoms with Crippen molar-refractivity contribution in [1.29, 1.82) is 0 Å². The van der Waals surface area contributed by atoms with E-state index in [-0.39, 0.29) is 17.8 Å². The zero-order valence-corrected chi connectivity index (χ0v) is 10.7. The number of aromatic nitrogens is 3. The second-order valence-electron chi connectivity index (χ2n) is 3.87. The van der Waals surface area contributed by atoms with Gasteiger partial charge in [-0.3, -0.25) is 0 Å². The first-order chi connectivity index (χ1) is 8.74. The topological polar surface area (TPSA) is 86.2 Å².